The summed E-state index contributed by atoms with van der Waals surface area (Å²) in [5.41, 5.74) is -1.23. The fraction of sp³-hybridized carbons (Fsp3) is 0.571. The molecule has 4 fully saturated rings. The molecule has 28 heavy (non-hydrogen) atoms. The van der Waals surface area contributed by atoms with Crippen LogP contribution in [0.3, 0.4) is 0 Å². The van der Waals surface area contributed by atoms with Gasteiger partial charge in [-0.15, -0.1) is 0 Å². The van der Waals surface area contributed by atoms with Crippen molar-refractivity contribution in [1.82, 2.24) is 5.32 Å². The van der Waals surface area contributed by atoms with Crippen LogP contribution in [0, 0.1) is 17.3 Å². The van der Waals surface area contributed by atoms with Crippen molar-refractivity contribution in [3.05, 3.63) is 29.8 Å². The molecule has 7 nitrogen and oxygen atoms in total. The third kappa shape index (κ3) is 3.39. The monoisotopic (exact) mass is 387 g/mol. The number of hydrogen-bond donors (Lipinski definition) is 2. The Labute approximate surface area is 163 Å². The van der Waals surface area contributed by atoms with Crippen molar-refractivity contribution in [2.75, 3.05) is 13.7 Å². The number of nitrogens with one attached hydrogen (secondary N) is 1. The molecular formula is C21H25NO6. The number of ether oxygens (including phenoxy) is 2. The third-order valence-corrected chi connectivity index (χ3v) is 6.40. The highest BCUT2D eigenvalue weighted by Gasteiger charge is 2.60. The molecule has 2 amide bonds. The van der Waals surface area contributed by atoms with Crippen molar-refractivity contribution < 1.29 is 29.0 Å². The molecular weight excluding hydrogens is 362 g/mol. The molecule has 4 aliphatic carbocycles. The standard InChI is InChI=1S/C21H25NO6/c1-27-16-5-3-2-4-15(16)18(24)22-17(23)11-28-19(25)20-7-13-6-14(8-20)10-21(26,9-13)12-20/h2-5,13-14,26H,6-12H2,1H3,(H,22,23,24)/t13-,14+,20?,21?. The number of hydrogen-bond acceptors (Lipinski definition) is 6. The highest BCUT2D eigenvalue weighted by Crippen LogP contribution is 2.61. The topological polar surface area (TPSA) is 102 Å². The van der Waals surface area contributed by atoms with Gasteiger partial charge < -0.3 is 14.6 Å². The van der Waals surface area contributed by atoms with Crippen LogP contribution in [0.25, 0.3) is 0 Å². The fourth-order valence-electron chi connectivity index (χ4n) is 5.80. The van der Waals surface area contributed by atoms with E-state index in [9.17, 15) is 19.5 Å². The van der Waals surface area contributed by atoms with Crippen molar-refractivity contribution in [3.63, 3.8) is 0 Å². The zero-order valence-corrected chi connectivity index (χ0v) is 15.9. The Morgan fingerprint density at radius 1 is 1.14 bits per heavy atom. The normalized spacial score (nSPS) is 32.6. The first-order valence-electron chi connectivity index (χ1n) is 9.69. The molecule has 4 aliphatic rings. The lowest BCUT2D eigenvalue weighted by atomic mass is 9.48. The van der Waals surface area contributed by atoms with Crippen molar-refractivity contribution in [3.8, 4) is 5.75 Å². The zero-order valence-electron chi connectivity index (χ0n) is 15.9. The highest BCUT2D eigenvalue weighted by atomic mass is 16.5. The summed E-state index contributed by atoms with van der Waals surface area (Å²) in [6.45, 7) is -0.519. The minimum Gasteiger partial charge on any atom is -0.496 e. The first-order valence-corrected chi connectivity index (χ1v) is 9.69. The van der Waals surface area contributed by atoms with Crippen molar-refractivity contribution in [1.29, 1.82) is 0 Å². The Morgan fingerprint density at radius 2 is 1.82 bits per heavy atom. The highest BCUT2D eigenvalue weighted by molar-refractivity contribution is 6.06. The van der Waals surface area contributed by atoms with E-state index in [1.54, 1.807) is 24.3 Å². The van der Waals surface area contributed by atoms with Crippen LogP contribution in [0.1, 0.15) is 48.9 Å². The Hall–Kier alpha value is -2.41. The first kappa shape index (κ1) is 18.9. The van der Waals surface area contributed by atoms with Crippen molar-refractivity contribution in [2.45, 2.75) is 44.1 Å². The van der Waals surface area contributed by atoms with Gasteiger partial charge in [-0.25, -0.2) is 0 Å². The number of amides is 2. The second kappa shape index (κ2) is 6.88. The molecule has 150 valence electrons. The predicted molar refractivity (Wildman–Crippen MR) is 98.5 cm³/mol. The number of para-hydroxylation sites is 1. The summed E-state index contributed by atoms with van der Waals surface area (Å²) in [6.07, 6.45) is 4.41. The summed E-state index contributed by atoms with van der Waals surface area (Å²) < 4.78 is 10.4. The number of methoxy groups -OCH3 is 1. The van der Waals surface area contributed by atoms with E-state index in [4.69, 9.17) is 9.47 Å². The number of carbonyl (C=O) groups is 3. The van der Waals surface area contributed by atoms with Gasteiger partial charge in [-0.2, -0.15) is 0 Å². The number of imide groups is 1. The van der Waals surface area contributed by atoms with E-state index in [-0.39, 0.29) is 5.56 Å². The van der Waals surface area contributed by atoms with Crippen LogP contribution in [-0.2, 0) is 14.3 Å². The van der Waals surface area contributed by atoms with Gasteiger partial charge in [-0.05, 0) is 62.5 Å². The van der Waals surface area contributed by atoms with Crippen molar-refractivity contribution >= 4 is 17.8 Å². The van der Waals surface area contributed by atoms with Gasteiger partial charge >= 0.3 is 5.97 Å². The minimum absolute atomic E-state index is 0.230. The van der Waals surface area contributed by atoms with E-state index >= 15 is 0 Å². The van der Waals surface area contributed by atoms with E-state index in [0.29, 0.717) is 36.8 Å². The van der Waals surface area contributed by atoms with Gasteiger partial charge in [0.1, 0.15) is 5.75 Å². The molecule has 0 saturated heterocycles. The smallest absolute Gasteiger partial charge is 0.312 e. The first-order chi connectivity index (χ1) is 13.3. The second-order valence-electron chi connectivity index (χ2n) is 8.62. The number of benzene rings is 1. The maximum atomic E-state index is 12.8. The molecule has 7 heteroatoms. The molecule has 1 aromatic rings. The molecule has 2 N–H and O–H groups in total. The van der Waals surface area contributed by atoms with Crippen LogP contribution in [0.4, 0.5) is 0 Å². The summed E-state index contributed by atoms with van der Waals surface area (Å²) >= 11 is 0. The van der Waals surface area contributed by atoms with E-state index in [1.165, 1.54) is 7.11 Å². The molecule has 2 unspecified atom stereocenters. The Morgan fingerprint density at radius 3 is 2.46 bits per heavy atom. The van der Waals surface area contributed by atoms with Crippen LogP contribution in [0.2, 0.25) is 0 Å². The molecule has 4 atom stereocenters. The van der Waals surface area contributed by atoms with E-state index < -0.39 is 35.4 Å². The Kier molecular flexibility index (Phi) is 4.65. The number of esters is 1. The van der Waals surface area contributed by atoms with E-state index in [1.807, 2.05) is 0 Å². The summed E-state index contributed by atoms with van der Waals surface area (Å²) in [6, 6.07) is 6.55. The van der Waals surface area contributed by atoms with Gasteiger partial charge in [0.25, 0.3) is 11.8 Å². The largest absolute Gasteiger partial charge is 0.496 e. The second-order valence-corrected chi connectivity index (χ2v) is 8.62. The molecule has 4 saturated carbocycles. The fourth-order valence-corrected chi connectivity index (χ4v) is 5.80. The Bertz CT molecular complexity index is 805. The van der Waals surface area contributed by atoms with Crippen LogP contribution < -0.4 is 10.1 Å². The minimum atomic E-state index is -0.773. The lowest BCUT2D eigenvalue weighted by Gasteiger charge is -2.58. The maximum Gasteiger partial charge on any atom is 0.312 e. The maximum absolute atomic E-state index is 12.8. The van der Waals surface area contributed by atoms with Crippen LogP contribution >= 0.6 is 0 Å². The van der Waals surface area contributed by atoms with Gasteiger partial charge in [0.2, 0.25) is 0 Å². The van der Waals surface area contributed by atoms with Crippen molar-refractivity contribution in [2.24, 2.45) is 17.3 Å². The molecule has 0 aliphatic heterocycles. The SMILES string of the molecule is COc1ccccc1C(=O)NC(=O)COC(=O)C12C[C@@H]3C[C@@H](CC(O)(C3)C1)C2. The average molecular weight is 387 g/mol. The molecule has 4 bridgehead atoms. The van der Waals surface area contributed by atoms with Gasteiger partial charge in [0.15, 0.2) is 6.61 Å². The van der Waals surface area contributed by atoms with Crippen LogP contribution in [-0.4, -0.2) is 42.2 Å². The van der Waals surface area contributed by atoms with Gasteiger partial charge in [-0.3, -0.25) is 19.7 Å². The quantitative estimate of drug-likeness (QED) is 0.748. The summed E-state index contributed by atoms with van der Waals surface area (Å²) in [4.78, 5) is 37.2. The average Bonchev–Trinajstić information content (AvgIpc) is 2.64. The summed E-state index contributed by atoms with van der Waals surface area (Å²) in [5, 5.41) is 13.0. The number of aliphatic hydroxyl groups is 1. The van der Waals surface area contributed by atoms with Crippen LogP contribution in [0.15, 0.2) is 24.3 Å². The molecule has 5 rings (SSSR count). The summed E-state index contributed by atoms with van der Waals surface area (Å²) in [5.74, 6) is -0.679. The lowest BCUT2D eigenvalue weighted by molar-refractivity contribution is -0.196. The zero-order chi connectivity index (χ0) is 19.9. The predicted octanol–water partition coefficient (Wildman–Crippen LogP) is 1.83. The van der Waals surface area contributed by atoms with E-state index in [2.05, 4.69) is 5.32 Å². The molecule has 0 radical (unpaired) electrons. The molecule has 1 aromatic carbocycles. The van der Waals surface area contributed by atoms with Gasteiger partial charge in [0, 0.05) is 0 Å². The summed E-state index contributed by atoms with van der Waals surface area (Å²) in [7, 11) is 1.44. The van der Waals surface area contributed by atoms with E-state index in [0.717, 1.165) is 19.3 Å². The molecule has 0 aromatic heterocycles. The van der Waals surface area contributed by atoms with Gasteiger partial charge in [-0.1, -0.05) is 12.1 Å². The third-order valence-electron chi connectivity index (χ3n) is 6.40. The van der Waals surface area contributed by atoms with Gasteiger partial charge in [0.05, 0.1) is 23.7 Å². The van der Waals surface area contributed by atoms with Crippen LogP contribution in [0.5, 0.6) is 5.75 Å². The molecule has 0 spiro atoms. The number of carbonyl (C=O) groups excluding carboxylic acids is 3. The Balaban J connectivity index is 1.35. The molecule has 0 heterocycles. The number of rotatable bonds is 5. The lowest BCUT2D eigenvalue weighted by Crippen LogP contribution is -2.58.